The highest BCUT2D eigenvalue weighted by molar-refractivity contribution is 6.02. The second kappa shape index (κ2) is 6.26. The molecule has 0 aromatic heterocycles. The minimum absolute atomic E-state index is 0.130. The van der Waals surface area contributed by atoms with Crippen LogP contribution in [-0.2, 0) is 4.79 Å². The topological polar surface area (TPSA) is 38.3 Å². The number of nitrogens with one attached hydrogen (secondary N) is 1. The smallest absolute Gasteiger partial charge is 0.262 e. The molecular weight excluding hydrogens is 281 g/mol. The lowest BCUT2D eigenvalue weighted by molar-refractivity contribution is -0.118. The summed E-state index contributed by atoms with van der Waals surface area (Å²) in [6.45, 7) is -0.130. The molecule has 0 fully saturated rings. The van der Waals surface area contributed by atoms with E-state index >= 15 is 0 Å². The number of hydrogen-bond acceptors (Lipinski definition) is 2. The number of fused-ring (bicyclic) bond motifs is 1. The Morgan fingerprint density at radius 1 is 0.955 bits per heavy atom. The van der Waals surface area contributed by atoms with Gasteiger partial charge in [-0.3, -0.25) is 4.79 Å². The summed E-state index contributed by atoms with van der Waals surface area (Å²) < 4.78 is 18.1. The number of ether oxygens (including phenoxy) is 1. The Morgan fingerprint density at radius 2 is 1.68 bits per heavy atom. The van der Waals surface area contributed by atoms with Gasteiger partial charge in [-0.15, -0.1) is 0 Å². The van der Waals surface area contributed by atoms with Crippen LogP contribution in [0.2, 0.25) is 0 Å². The maximum atomic E-state index is 12.8. The molecule has 0 saturated carbocycles. The Bertz CT molecular complexity index is 794. The number of carbonyl (C=O) groups is 1. The Hall–Kier alpha value is -2.88. The van der Waals surface area contributed by atoms with Crippen LogP contribution in [0.15, 0.2) is 66.7 Å². The van der Waals surface area contributed by atoms with Crippen molar-refractivity contribution in [1.82, 2.24) is 0 Å². The first-order valence-corrected chi connectivity index (χ1v) is 6.88. The highest BCUT2D eigenvalue weighted by atomic mass is 19.1. The molecule has 0 unspecified atom stereocenters. The Balaban J connectivity index is 1.67. The lowest BCUT2D eigenvalue weighted by Crippen LogP contribution is -2.20. The van der Waals surface area contributed by atoms with E-state index in [9.17, 15) is 9.18 Å². The number of amides is 1. The minimum Gasteiger partial charge on any atom is -0.484 e. The number of rotatable bonds is 4. The quantitative estimate of drug-likeness (QED) is 0.790. The molecule has 3 nitrogen and oxygen atoms in total. The number of benzene rings is 3. The second-order valence-electron chi connectivity index (χ2n) is 4.82. The average molecular weight is 295 g/mol. The van der Waals surface area contributed by atoms with Gasteiger partial charge >= 0.3 is 0 Å². The van der Waals surface area contributed by atoms with Crippen LogP contribution in [0.4, 0.5) is 10.1 Å². The third kappa shape index (κ3) is 3.23. The molecule has 110 valence electrons. The van der Waals surface area contributed by atoms with Crippen LogP contribution in [0.5, 0.6) is 5.75 Å². The predicted octanol–water partition coefficient (Wildman–Crippen LogP) is 4.00. The zero-order valence-corrected chi connectivity index (χ0v) is 11.8. The van der Waals surface area contributed by atoms with Crippen molar-refractivity contribution in [2.24, 2.45) is 0 Å². The van der Waals surface area contributed by atoms with Crippen molar-refractivity contribution in [3.63, 3.8) is 0 Å². The summed E-state index contributed by atoms with van der Waals surface area (Å²) in [5.41, 5.74) is 0.741. The van der Waals surface area contributed by atoms with Gasteiger partial charge in [-0.1, -0.05) is 36.4 Å². The van der Waals surface area contributed by atoms with E-state index in [2.05, 4.69) is 5.32 Å². The predicted molar refractivity (Wildman–Crippen MR) is 84.5 cm³/mol. The summed E-state index contributed by atoms with van der Waals surface area (Å²) in [5.74, 6) is -0.150. The first kappa shape index (κ1) is 14.1. The average Bonchev–Trinajstić information content (AvgIpc) is 2.55. The van der Waals surface area contributed by atoms with Gasteiger partial charge in [0, 0.05) is 11.1 Å². The molecule has 0 bridgehead atoms. The fourth-order valence-corrected chi connectivity index (χ4v) is 2.20. The summed E-state index contributed by atoms with van der Waals surface area (Å²) >= 11 is 0. The highest BCUT2D eigenvalue weighted by Gasteiger charge is 2.06. The highest BCUT2D eigenvalue weighted by Crippen LogP contribution is 2.22. The van der Waals surface area contributed by atoms with Crippen molar-refractivity contribution in [1.29, 1.82) is 0 Å². The number of anilines is 1. The second-order valence-corrected chi connectivity index (χ2v) is 4.82. The van der Waals surface area contributed by atoms with E-state index in [1.54, 1.807) is 0 Å². The SMILES string of the molecule is O=C(COc1ccc(F)cc1)Nc1cccc2ccccc12. The molecule has 3 aromatic carbocycles. The molecule has 1 amide bonds. The summed E-state index contributed by atoms with van der Waals surface area (Å²) in [6.07, 6.45) is 0. The molecule has 22 heavy (non-hydrogen) atoms. The van der Waals surface area contributed by atoms with Crippen molar-refractivity contribution in [3.05, 3.63) is 72.5 Å². The first-order chi connectivity index (χ1) is 10.7. The molecular formula is C18H14FNO2. The molecule has 3 aromatic rings. The van der Waals surface area contributed by atoms with E-state index in [-0.39, 0.29) is 18.3 Å². The van der Waals surface area contributed by atoms with Crippen molar-refractivity contribution in [3.8, 4) is 5.75 Å². The molecule has 4 heteroatoms. The molecule has 0 aliphatic carbocycles. The summed E-state index contributed by atoms with van der Waals surface area (Å²) in [5, 5.41) is 4.86. The molecule has 1 N–H and O–H groups in total. The van der Waals surface area contributed by atoms with Gasteiger partial charge < -0.3 is 10.1 Å². The fourth-order valence-electron chi connectivity index (χ4n) is 2.20. The van der Waals surface area contributed by atoms with Gasteiger partial charge in [-0.2, -0.15) is 0 Å². The van der Waals surface area contributed by atoms with Crippen LogP contribution in [0, 0.1) is 5.82 Å². The molecule has 0 radical (unpaired) electrons. The van der Waals surface area contributed by atoms with Gasteiger partial charge in [-0.05, 0) is 35.7 Å². The Labute approximate surface area is 127 Å². The van der Waals surface area contributed by atoms with Crippen LogP contribution in [-0.4, -0.2) is 12.5 Å². The van der Waals surface area contributed by atoms with Crippen molar-refractivity contribution in [2.45, 2.75) is 0 Å². The monoisotopic (exact) mass is 295 g/mol. The van der Waals surface area contributed by atoms with Crippen LogP contribution in [0.3, 0.4) is 0 Å². The zero-order valence-electron chi connectivity index (χ0n) is 11.8. The molecule has 3 rings (SSSR count). The zero-order chi connectivity index (χ0) is 15.4. The third-order valence-electron chi connectivity index (χ3n) is 3.25. The molecule has 0 saturated heterocycles. The largest absolute Gasteiger partial charge is 0.484 e. The van der Waals surface area contributed by atoms with E-state index in [0.717, 1.165) is 16.5 Å². The van der Waals surface area contributed by atoms with Crippen LogP contribution in [0.25, 0.3) is 10.8 Å². The number of carbonyl (C=O) groups excluding carboxylic acids is 1. The maximum absolute atomic E-state index is 12.8. The van der Waals surface area contributed by atoms with E-state index in [4.69, 9.17) is 4.74 Å². The van der Waals surface area contributed by atoms with Gasteiger partial charge in [-0.25, -0.2) is 4.39 Å². The van der Waals surface area contributed by atoms with Crippen molar-refractivity contribution >= 4 is 22.4 Å². The van der Waals surface area contributed by atoms with Gasteiger partial charge in [0.25, 0.3) is 5.91 Å². The number of halogens is 1. The molecule has 0 heterocycles. The molecule has 0 atom stereocenters. The van der Waals surface area contributed by atoms with Gasteiger partial charge in [0.2, 0.25) is 0 Å². The number of hydrogen-bond donors (Lipinski definition) is 1. The summed E-state index contributed by atoms with van der Waals surface area (Å²) in [4.78, 5) is 12.0. The van der Waals surface area contributed by atoms with Crippen molar-refractivity contribution in [2.75, 3.05) is 11.9 Å². The van der Waals surface area contributed by atoms with Gasteiger partial charge in [0.15, 0.2) is 6.61 Å². The van der Waals surface area contributed by atoms with Crippen LogP contribution < -0.4 is 10.1 Å². The molecule has 0 aliphatic rings. The molecule has 0 spiro atoms. The lowest BCUT2D eigenvalue weighted by atomic mass is 10.1. The lowest BCUT2D eigenvalue weighted by Gasteiger charge is -2.10. The maximum Gasteiger partial charge on any atom is 0.262 e. The normalized spacial score (nSPS) is 10.4. The standard InChI is InChI=1S/C18H14FNO2/c19-14-8-10-15(11-9-14)22-12-18(21)20-17-7-3-5-13-4-1-2-6-16(13)17/h1-11H,12H2,(H,20,21). The van der Waals surface area contributed by atoms with E-state index in [0.29, 0.717) is 5.75 Å². The van der Waals surface area contributed by atoms with Crippen molar-refractivity contribution < 1.29 is 13.9 Å². The minimum atomic E-state index is -0.340. The van der Waals surface area contributed by atoms with Gasteiger partial charge in [0.05, 0.1) is 0 Å². The van der Waals surface area contributed by atoms with Gasteiger partial charge in [0.1, 0.15) is 11.6 Å². The summed E-state index contributed by atoms with van der Waals surface area (Å²) in [6, 6.07) is 19.1. The fraction of sp³-hybridized carbons (Fsp3) is 0.0556. The van der Waals surface area contributed by atoms with E-state index in [1.807, 2.05) is 42.5 Å². The first-order valence-electron chi connectivity index (χ1n) is 6.88. The van der Waals surface area contributed by atoms with Crippen LogP contribution in [0.1, 0.15) is 0 Å². The molecule has 0 aliphatic heterocycles. The Morgan fingerprint density at radius 3 is 2.50 bits per heavy atom. The summed E-state index contributed by atoms with van der Waals surface area (Å²) in [7, 11) is 0. The van der Waals surface area contributed by atoms with E-state index in [1.165, 1.54) is 24.3 Å². The van der Waals surface area contributed by atoms with Crippen LogP contribution >= 0.6 is 0 Å². The Kier molecular flexibility index (Phi) is 4.01. The van der Waals surface area contributed by atoms with E-state index < -0.39 is 0 Å². The third-order valence-corrected chi connectivity index (χ3v) is 3.25.